The first-order valence-corrected chi connectivity index (χ1v) is 7.89. The van der Waals surface area contributed by atoms with Crippen molar-refractivity contribution in [3.63, 3.8) is 0 Å². The zero-order chi connectivity index (χ0) is 13.1. The van der Waals surface area contributed by atoms with Gasteiger partial charge in [0.25, 0.3) is 0 Å². The number of hydrogen-bond donors (Lipinski definition) is 0. The van der Waals surface area contributed by atoms with Crippen LogP contribution in [0, 0.1) is 10.8 Å². The van der Waals surface area contributed by atoms with E-state index in [2.05, 4.69) is 54.0 Å². The van der Waals surface area contributed by atoms with Crippen LogP contribution in [0.5, 0.6) is 0 Å². The SMILES string of the molecule is CC1(C)CC1(CBr)CCCOCc1ccccc1. The standard InChI is InChI=1S/C16H23BrO/c1-15(2)12-16(15,13-17)9-6-10-18-11-14-7-4-3-5-8-14/h3-5,7-8H,6,9-13H2,1-2H3. The van der Waals surface area contributed by atoms with E-state index >= 15 is 0 Å². The largest absolute Gasteiger partial charge is 0.377 e. The van der Waals surface area contributed by atoms with Crippen LogP contribution in [0.25, 0.3) is 0 Å². The molecular formula is C16H23BrO. The highest BCUT2D eigenvalue weighted by molar-refractivity contribution is 9.09. The maximum Gasteiger partial charge on any atom is 0.0716 e. The van der Waals surface area contributed by atoms with Gasteiger partial charge in [-0.3, -0.25) is 0 Å². The molecule has 0 aromatic heterocycles. The quantitative estimate of drug-likeness (QED) is 0.519. The van der Waals surface area contributed by atoms with Gasteiger partial charge in [0.15, 0.2) is 0 Å². The molecule has 1 aliphatic rings. The predicted octanol–water partition coefficient (Wildman–Crippen LogP) is 4.79. The molecule has 0 heterocycles. The Labute approximate surface area is 119 Å². The molecule has 0 aliphatic heterocycles. The van der Waals surface area contributed by atoms with Gasteiger partial charge in [0.05, 0.1) is 6.61 Å². The summed E-state index contributed by atoms with van der Waals surface area (Å²) in [5, 5.41) is 1.13. The normalized spacial score (nSPS) is 25.1. The molecule has 0 spiro atoms. The molecule has 1 saturated carbocycles. The van der Waals surface area contributed by atoms with Crippen molar-refractivity contribution in [1.29, 1.82) is 0 Å². The van der Waals surface area contributed by atoms with Crippen molar-refractivity contribution >= 4 is 15.9 Å². The van der Waals surface area contributed by atoms with Gasteiger partial charge in [0.2, 0.25) is 0 Å². The number of ether oxygens (including phenoxy) is 1. The summed E-state index contributed by atoms with van der Waals surface area (Å²) in [6, 6.07) is 10.4. The third-order valence-electron chi connectivity index (χ3n) is 4.40. The smallest absolute Gasteiger partial charge is 0.0716 e. The highest BCUT2D eigenvalue weighted by Crippen LogP contribution is 2.66. The molecule has 100 valence electrons. The van der Waals surface area contributed by atoms with Crippen LogP contribution in [0.15, 0.2) is 30.3 Å². The van der Waals surface area contributed by atoms with Crippen LogP contribution in [0.2, 0.25) is 0 Å². The van der Waals surface area contributed by atoms with Crippen molar-refractivity contribution in [3.05, 3.63) is 35.9 Å². The molecule has 0 N–H and O–H groups in total. The van der Waals surface area contributed by atoms with E-state index < -0.39 is 0 Å². The Balaban J connectivity index is 1.63. The summed E-state index contributed by atoms with van der Waals surface area (Å²) in [7, 11) is 0. The van der Waals surface area contributed by atoms with E-state index in [1.165, 1.54) is 24.8 Å². The highest BCUT2D eigenvalue weighted by Gasteiger charge is 2.59. The molecule has 1 aromatic rings. The van der Waals surface area contributed by atoms with Crippen LogP contribution in [-0.2, 0) is 11.3 Å². The topological polar surface area (TPSA) is 9.23 Å². The molecule has 2 rings (SSSR count). The summed E-state index contributed by atoms with van der Waals surface area (Å²) in [4.78, 5) is 0. The summed E-state index contributed by atoms with van der Waals surface area (Å²) in [6.07, 6.45) is 3.80. The van der Waals surface area contributed by atoms with Crippen LogP contribution in [0.1, 0.15) is 38.7 Å². The maximum atomic E-state index is 5.74. The minimum atomic E-state index is 0.524. The number of rotatable bonds is 7. The van der Waals surface area contributed by atoms with Crippen molar-refractivity contribution in [2.75, 3.05) is 11.9 Å². The molecule has 1 aliphatic carbocycles. The fourth-order valence-corrected chi connectivity index (χ4v) is 4.04. The first-order valence-electron chi connectivity index (χ1n) is 6.77. The fraction of sp³-hybridized carbons (Fsp3) is 0.625. The lowest BCUT2D eigenvalue weighted by Gasteiger charge is -2.17. The summed E-state index contributed by atoms with van der Waals surface area (Å²) in [5.74, 6) is 0. The molecule has 18 heavy (non-hydrogen) atoms. The van der Waals surface area contributed by atoms with Crippen LogP contribution < -0.4 is 0 Å². The number of alkyl halides is 1. The molecule has 0 radical (unpaired) electrons. The summed E-state index contributed by atoms with van der Waals surface area (Å²) < 4.78 is 5.74. The lowest BCUT2D eigenvalue weighted by atomic mass is 9.93. The highest BCUT2D eigenvalue weighted by atomic mass is 79.9. The second-order valence-electron chi connectivity index (χ2n) is 6.12. The third kappa shape index (κ3) is 3.16. The number of hydrogen-bond acceptors (Lipinski definition) is 1. The molecule has 1 fully saturated rings. The lowest BCUT2D eigenvalue weighted by molar-refractivity contribution is 0.112. The molecule has 1 unspecified atom stereocenters. The molecule has 0 saturated heterocycles. The maximum absolute atomic E-state index is 5.74. The van der Waals surface area contributed by atoms with E-state index in [0.717, 1.165) is 18.5 Å². The van der Waals surface area contributed by atoms with Crippen molar-refractivity contribution in [3.8, 4) is 0 Å². The third-order valence-corrected chi connectivity index (χ3v) is 5.48. The summed E-state index contributed by atoms with van der Waals surface area (Å²) >= 11 is 3.67. The molecule has 0 bridgehead atoms. The van der Waals surface area contributed by atoms with Crippen LogP contribution in [0.4, 0.5) is 0 Å². The van der Waals surface area contributed by atoms with Gasteiger partial charge in [-0.25, -0.2) is 0 Å². The Morgan fingerprint density at radius 3 is 2.44 bits per heavy atom. The zero-order valence-corrected chi connectivity index (χ0v) is 13.0. The monoisotopic (exact) mass is 310 g/mol. The first kappa shape index (κ1) is 14.1. The molecule has 1 nitrogen and oxygen atoms in total. The van der Waals surface area contributed by atoms with Gasteiger partial charge in [0.1, 0.15) is 0 Å². The zero-order valence-electron chi connectivity index (χ0n) is 11.4. The molecule has 0 amide bonds. The molecular weight excluding hydrogens is 288 g/mol. The van der Waals surface area contributed by atoms with E-state index in [4.69, 9.17) is 4.74 Å². The van der Waals surface area contributed by atoms with Crippen LogP contribution >= 0.6 is 15.9 Å². The van der Waals surface area contributed by atoms with Gasteiger partial charge in [-0.1, -0.05) is 60.1 Å². The van der Waals surface area contributed by atoms with Gasteiger partial charge >= 0.3 is 0 Å². The van der Waals surface area contributed by atoms with E-state index in [1.54, 1.807) is 0 Å². The molecule has 1 aromatic carbocycles. The Kier molecular flexibility index (Phi) is 4.50. The van der Waals surface area contributed by atoms with E-state index in [1.807, 2.05) is 6.07 Å². The van der Waals surface area contributed by atoms with Gasteiger partial charge in [0, 0.05) is 11.9 Å². The number of halogens is 1. The number of benzene rings is 1. The second-order valence-corrected chi connectivity index (χ2v) is 6.68. The van der Waals surface area contributed by atoms with Crippen molar-refractivity contribution < 1.29 is 4.74 Å². The van der Waals surface area contributed by atoms with Gasteiger partial charge in [-0.2, -0.15) is 0 Å². The minimum absolute atomic E-state index is 0.524. The van der Waals surface area contributed by atoms with Crippen molar-refractivity contribution in [2.45, 2.75) is 39.7 Å². The van der Waals surface area contributed by atoms with Crippen LogP contribution in [0.3, 0.4) is 0 Å². The summed E-state index contributed by atoms with van der Waals surface area (Å²) in [6.45, 7) is 6.36. The first-order chi connectivity index (χ1) is 8.60. The lowest BCUT2D eigenvalue weighted by Crippen LogP contribution is -2.12. The Morgan fingerprint density at radius 2 is 1.89 bits per heavy atom. The van der Waals surface area contributed by atoms with Crippen molar-refractivity contribution in [1.82, 2.24) is 0 Å². The van der Waals surface area contributed by atoms with Gasteiger partial charge < -0.3 is 4.74 Å². The average molecular weight is 311 g/mol. The predicted molar refractivity (Wildman–Crippen MR) is 80.0 cm³/mol. The average Bonchev–Trinajstić information content (AvgIpc) is 2.93. The van der Waals surface area contributed by atoms with E-state index in [0.29, 0.717) is 10.8 Å². The Morgan fingerprint density at radius 1 is 1.22 bits per heavy atom. The van der Waals surface area contributed by atoms with Crippen LogP contribution in [-0.4, -0.2) is 11.9 Å². The van der Waals surface area contributed by atoms with Crippen molar-refractivity contribution in [2.24, 2.45) is 10.8 Å². The minimum Gasteiger partial charge on any atom is -0.377 e. The summed E-state index contributed by atoms with van der Waals surface area (Å²) in [5.41, 5.74) is 2.32. The Bertz CT molecular complexity index is 374. The van der Waals surface area contributed by atoms with Gasteiger partial charge in [-0.05, 0) is 35.7 Å². The molecule has 1 atom stereocenters. The van der Waals surface area contributed by atoms with E-state index in [-0.39, 0.29) is 0 Å². The Hall–Kier alpha value is -0.340. The van der Waals surface area contributed by atoms with Gasteiger partial charge in [-0.15, -0.1) is 0 Å². The fourth-order valence-electron chi connectivity index (χ4n) is 2.80. The van der Waals surface area contributed by atoms with E-state index in [9.17, 15) is 0 Å². The second kappa shape index (κ2) is 5.75. The molecule has 2 heteroatoms.